The Balaban J connectivity index is 1.59. The van der Waals surface area contributed by atoms with Gasteiger partial charge in [-0.2, -0.15) is 0 Å². The molecule has 0 saturated heterocycles. The maximum Gasteiger partial charge on any atom is 0.224 e. The first-order chi connectivity index (χ1) is 12.0. The van der Waals surface area contributed by atoms with E-state index in [1.165, 1.54) is 0 Å². The van der Waals surface area contributed by atoms with Gasteiger partial charge in [0.2, 0.25) is 5.91 Å². The molecule has 2 aromatic carbocycles. The first-order valence-electron chi connectivity index (χ1n) is 8.09. The molecule has 0 atom stereocenters. The molecule has 0 aliphatic carbocycles. The van der Waals surface area contributed by atoms with Crippen LogP contribution in [0.1, 0.15) is 23.4 Å². The zero-order valence-corrected chi connectivity index (χ0v) is 14.9. The molecule has 1 heterocycles. The average molecular weight is 355 g/mol. The molecule has 0 fully saturated rings. The molecule has 0 radical (unpaired) electrons. The van der Waals surface area contributed by atoms with Crippen LogP contribution in [0.3, 0.4) is 0 Å². The average Bonchev–Trinajstić information content (AvgIpc) is 3.06. The Morgan fingerprint density at radius 3 is 2.68 bits per heavy atom. The predicted octanol–water partition coefficient (Wildman–Crippen LogP) is 5.18. The molecule has 4 nitrogen and oxygen atoms in total. The maximum absolute atomic E-state index is 12.2. The topological polar surface area (TPSA) is 55.1 Å². The minimum atomic E-state index is -0.0556. The molecule has 0 bridgehead atoms. The third-order valence-corrected chi connectivity index (χ3v) is 4.17. The quantitative estimate of drug-likeness (QED) is 0.686. The Bertz CT molecular complexity index is 885. The van der Waals surface area contributed by atoms with E-state index in [-0.39, 0.29) is 5.91 Å². The zero-order chi connectivity index (χ0) is 17.8. The Morgan fingerprint density at radius 1 is 1.16 bits per heavy atom. The van der Waals surface area contributed by atoms with Gasteiger partial charge in [0.25, 0.3) is 0 Å². The van der Waals surface area contributed by atoms with Crippen molar-refractivity contribution in [2.75, 3.05) is 5.32 Å². The summed E-state index contributed by atoms with van der Waals surface area (Å²) in [7, 11) is 0. The summed E-state index contributed by atoms with van der Waals surface area (Å²) in [6.07, 6.45) is 2.43. The molecule has 25 heavy (non-hydrogen) atoms. The van der Waals surface area contributed by atoms with Crippen LogP contribution in [0.15, 0.2) is 53.1 Å². The number of rotatable bonds is 5. The van der Waals surface area contributed by atoms with Crippen molar-refractivity contribution < 1.29 is 9.21 Å². The van der Waals surface area contributed by atoms with Crippen LogP contribution in [0.4, 0.5) is 5.69 Å². The molecule has 1 N–H and O–H groups in total. The van der Waals surface area contributed by atoms with Crippen LogP contribution in [0.5, 0.6) is 0 Å². The van der Waals surface area contributed by atoms with Gasteiger partial charge >= 0.3 is 0 Å². The first-order valence-corrected chi connectivity index (χ1v) is 8.47. The smallest absolute Gasteiger partial charge is 0.224 e. The maximum atomic E-state index is 12.2. The van der Waals surface area contributed by atoms with Gasteiger partial charge in [-0.15, -0.1) is 0 Å². The molecule has 0 aliphatic rings. The van der Waals surface area contributed by atoms with Gasteiger partial charge in [-0.1, -0.05) is 23.7 Å². The highest BCUT2D eigenvalue weighted by atomic mass is 35.5. The highest BCUT2D eigenvalue weighted by Gasteiger charge is 2.10. The second-order valence-electron chi connectivity index (χ2n) is 5.99. The number of benzene rings is 2. The van der Waals surface area contributed by atoms with E-state index in [0.29, 0.717) is 29.5 Å². The van der Waals surface area contributed by atoms with Crippen molar-refractivity contribution in [3.8, 4) is 11.3 Å². The van der Waals surface area contributed by atoms with Crippen molar-refractivity contribution in [1.29, 1.82) is 0 Å². The predicted molar refractivity (Wildman–Crippen MR) is 99.8 cm³/mol. The summed E-state index contributed by atoms with van der Waals surface area (Å²) >= 11 is 5.89. The van der Waals surface area contributed by atoms with Crippen molar-refractivity contribution in [2.24, 2.45) is 0 Å². The Morgan fingerprint density at radius 2 is 1.92 bits per heavy atom. The number of oxazole rings is 1. The summed E-state index contributed by atoms with van der Waals surface area (Å²) < 4.78 is 5.72. The lowest BCUT2D eigenvalue weighted by atomic mass is 10.1. The van der Waals surface area contributed by atoms with Gasteiger partial charge in [-0.3, -0.25) is 4.79 Å². The summed E-state index contributed by atoms with van der Waals surface area (Å²) in [5, 5.41) is 3.62. The van der Waals surface area contributed by atoms with E-state index >= 15 is 0 Å². The van der Waals surface area contributed by atoms with Gasteiger partial charge in [0.1, 0.15) is 0 Å². The fourth-order valence-electron chi connectivity index (χ4n) is 2.48. The van der Waals surface area contributed by atoms with E-state index < -0.39 is 0 Å². The normalized spacial score (nSPS) is 10.7. The largest absolute Gasteiger partial charge is 0.441 e. The van der Waals surface area contributed by atoms with Gasteiger partial charge in [0.15, 0.2) is 11.7 Å². The van der Waals surface area contributed by atoms with Crippen LogP contribution in [0.2, 0.25) is 5.02 Å². The second kappa shape index (κ2) is 7.53. The van der Waals surface area contributed by atoms with Gasteiger partial charge in [-0.25, -0.2) is 4.98 Å². The molecular weight excluding hydrogens is 336 g/mol. The lowest BCUT2D eigenvalue weighted by Gasteiger charge is -2.08. The van der Waals surface area contributed by atoms with E-state index in [1.807, 2.05) is 44.2 Å². The Labute approximate surface area is 151 Å². The Hall–Kier alpha value is -2.59. The van der Waals surface area contributed by atoms with Crippen molar-refractivity contribution in [3.63, 3.8) is 0 Å². The van der Waals surface area contributed by atoms with E-state index in [4.69, 9.17) is 16.0 Å². The van der Waals surface area contributed by atoms with Crippen molar-refractivity contribution in [1.82, 2.24) is 4.98 Å². The second-order valence-corrected chi connectivity index (χ2v) is 6.43. The summed E-state index contributed by atoms with van der Waals surface area (Å²) in [6.45, 7) is 3.97. The third kappa shape index (κ3) is 4.48. The number of nitrogens with one attached hydrogen (secondary N) is 1. The summed E-state index contributed by atoms with van der Waals surface area (Å²) in [5.74, 6) is 1.16. The number of hydrogen-bond donors (Lipinski definition) is 1. The standard InChI is InChI=1S/C20H19ClN2O2/c1-13-3-4-14(2)17(11-13)23-19(24)9-10-20-22-12-18(25-20)15-5-7-16(21)8-6-15/h3-8,11-12H,9-10H2,1-2H3,(H,23,24). The van der Waals surface area contributed by atoms with Crippen LogP contribution in [-0.2, 0) is 11.2 Å². The minimum absolute atomic E-state index is 0.0556. The molecule has 1 aromatic heterocycles. The molecule has 0 spiro atoms. The molecule has 0 unspecified atom stereocenters. The molecule has 3 aromatic rings. The van der Waals surface area contributed by atoms with Crippen molar-refractivity contribution >= 4 is 23.2 Å². The minimum Gasteiger partial charge on any atom is -0.441 e. The third-order valence-electron chi connectivity index (χ3n) is 3.92. The highest BCUT2D eigenvalue weighted by Crippen LogP contribution is 2.23. The molecule has 5 heteroatoms. The van der Waals surface area contributed by atoms with E-state index in [2.05, 4.69) is 10.3 Å². The molecular formula is C20H19ClN2O2. The number of carbonyl (C=O) groups excluding carboxylic acids is 1. The first kappa shape index (κ1) is 17.2. The lowest BCUT2D eigenvalue weighted by molar-refractivity contribution is -0.116. The number of carbonyl (C=O) groups is 1. The van der Waals surface area contributed by atoms with Gasteiger partial charge in [0.05, 0.1) is 6.20 Å². The number of nitrogens with zero attached hydrogens (tertiary/aromatic N) is 1. The van der Waals surface area contributed by atoms with Gasteiger partial charge in [0, 0.05) is 29.1 Å². The number of aromatic nitrogens is 1. The number of hydrogen-bond acceptors (Lipinski definition) is 3. The van der Waals surface area contributed by atoms with Crippen LogP contribution in [0, 0.1) is 13.8 Å². The van der Waals surface area contributed by atoms with E-state index in [9.17, 15) is 4.79 Å². The van der Waals surface area contributed by atoms with E-state index in [1.54, 1.807) is 18.3 Å². The monoisotopic (exact) mass is 354 g/mol. The molecule has 1 amide bonds. The van der Waals surface area contributed by atoms with Crippen molar-refractivity contribution in [2.45, 2.75) is 26.7 Å². The number of amides is 1. The fourth-order valence-corrected chi connectivity index (χ4v) is 2.60. The Kier molecular flexibility index (Phi) is 5.19. The van der Waals surface area contributed by atoms with E-state index in [0.717, 1.165) is 22.4 Å². The van der Waals surface area contributed by atoms with Crippen LogP contribution in [0.25, 0.3) is 11.3 Å². The number of anilines is 1. The SMILES string of the molecule is Cc1ccc(C)c(NC(=O)CCc2ncc(-c3ccc(Cl)cc3)o2)c1. The van der Waals surface area contributed by atoms with Gasteiger partial charge < -0.3 is 9.73 Å². The van der Waals surface area contributed by atoms with Crippen LogP contribution in [-0.4, -0.2) is 10.9 Å². The number of halogens is 1. The van der Waals surface area contributed by atoms with Crippen LogP contribution >= 0.6 is 11.6 Å². The molecule has 3 rings (SSSR count). The van der Waals surface area contributed by atoms with Crippen molar-refractivity contribution in [3.05, 3.63) is 70.7 Å². The summed E-state index contributed by atoms with van der Waals surface area (Å²) in [4.78, 5) is 16.4. The zero-order valence-electron chi connectivity index (χ0n) is 14.2. The van der Waals surface area contributed by atoms with Gasteiger partial charge in [-0.05, 0) is 55.3 Å². The van der Waals surface area contributed by atoms with Crippen LogP contribution < -0.4 is 5.32 Å². The fraction of sp³-hybridized carbons (Fsp3) is 0.200. The molecule has 0 aliphatic heterocycles. The summed E-state index contributed by atoms with van der Waals surface area (Å²) in [5.41, 5.74) is 3.91. The molecule has 0 saturated carbocycles. The number of aryl methyl sites for hydroxylation is 3. The lowest BCUT2D eigenvalue weighted by Crippen LogP contribution is -2.13. The molecule has 128 valence electrons. The summed E-state index contributed by atoms with van der Waals surface area (Å²) in [6, 6.07) is 13.3. The highest BCUT2D eigenvalue weighted by molar-refractivity contribution is 6.30.